The van der Waals surface area contributed by atoms with Gasteiger partial charge in [-0.2, -0.15) is 0 Å². The standard InChI is InChI=1S/C23H22ClN3O6/c1-12-17(11-20(28)33-13(2)21(29)26-23(25)31)18-10-16(32-3)8-9-19(18)27(12)22(30)14-4-6-15(24)7-5-14/h4-10,13H,11H2,1-3H3,(H3,25,26,29,31). The molecule has 3 amide bonds. The molecule has 0 saturated heterocycles. The van der Waals surface area contributed by atoms with Crippen molar-refractivity contribution in [3.8, 4) is 5.75 Å². The van der Waals surface area contributed by atoms with Crippen LogP contribution in [-0.4, -0.2) is 41.6 Å². The van der Waals surface area contributed by atoms with Crippen molar-refractivity contribution in [2.45, 2.75) is 26.4 Å². The lowest BCUT2D eigenvalue weighted by atomic mass is 10.1. The quantitative estimate of drug-likeness (QED) is 0.531. The number of urea groups is 1. The number of hydrogen-bond acceptors (Lipinski definition) is 6. The summed E-state index contributed by atoms with van der Waals surface area (Å²) in [6.45, 7) is 3.03. The van der Waals surface area contributed by atoms with E-state index in [4.69, 9.17) is 26.8 Å². The van der Waals surface area contributed by atoms with Crippen LogP contribution in [0.4, 0.5) is 4.79 Å². The van der Waals surface area contributed by atoms with Crippen LogP contribution in [-0.2, 0) is 20.7 Å². The number of methoxy groups -OCH3 is 1. The van der Waals surface area contributed by atoms with E-state index in [0.29, 0.717) is 38.5 Å². The van der Waals surface area contributed by atoms with E-state index in [9.17, 15) is 19.2 Å². The molecule has 9 nitrogen and oxygen atoms in total. The zero-order valence-electron chi connectivity index (χ0n) is 18.2. The Balaban J connectivity index is 1.99. The third-order valence-electron chi connectivity index (χ3n) is 5.08. The van der Waals surface area contributed by atoms with E-state index in [-0.39, 0.29) is 12.3 Å². The number of nitrogens with one attached hydrogen (secondary N) is 1. The molecule has 1 atom stereocenters. The van der Waals surface area contributed by atoms with Gasteiger partial charge >= 0.3 is 12.0 Å². The summed E-state index contributed by atoms with van der Waals surface area (Å²) >= 11 is 5.94. The molecule has 1 unspecified atom stereocenters. The van der Waals surface area contributed by atoms with Crippen molar-refractivity contribution in [1.29, 1.82) is 0 Å². The Morgan fingerprint density at radius 1 is 1.12 bits per heavy atom. The number of amides is 3. The maximum atomic E-state index is 13.3. The summed E-state index contributed by atoms with van der Waals surface area (Å²) in [6, 6.07) is 10.6. The maximum absolute atomic E-state index is 13.3. The molecule has 0 aliphatic rings. The molecule has 0 saturated carbocycles. The fourth-order valence-electron chi connectivity index (χ4n) is 3.46. The third kappa shape index (κ3) is 5.15. The molecular weight excluding hydrogens is 450 g/mol. The number of rotatable bonds is 6. The van der Waals surface area contributed by atoms with Gasteiger partial charge in [0.1, 0.15) is 5.75 Å². The number of hydrogen-bond donors (Lipinski definition) is 2. The molecule has 3 N–H and O–H groups in total. The first-order valence-electron chi connectivity index (χ1n) is 9.90. The molecule has 172 valence electrons. The number of imide groups is 1. The topological polar surface area (TPSA) is 130 Å². The number of primary amides is 1. The van der Waals surface area contributed by atoms with Gasteiger partial charge in [0, 0.05) is 21.7 Å². The largest absolute Gasteiger partial charge is 0.497 e. The summed E-state index contributed by atoms with van der Waals surface area (Å²) in [5.41, 5.74) is 6.99. The SMILES string of the molecule is COc1ccc2c(c1)c(CC(=O)OC(C)C(=O)NC(N)=O)c(C)n2C(=O)c1ccc(Cl)cc1. The van der Waals surface area contributed by atoms with Gasteiger partial charge in [-0.3, -0.25) is 24.3 Å². The van der Waals surface area contributed by atoms with E-state index in [0.717, 1.165) is 0 Å². The molecule has 0 bridgehead atoms. The highest BCUT2D eigenvalue weighted by atomic mass is 35.5. The van der Waals surface area contributed by atoms with Gasteiger partial charge in [0.2, 0.25) is 0 Å². The molecule has 10 heteroatoms. The molecular formula is C23H22ClN3O6. The first-order valence-corrected chi connectivity index (χ1v) is 10.3. The molecule has 3 aromatic rings. The maximum Gasteiger partial charge on any atom is 0.318 e. The van der Waals surface area contributed by atoms with Crippen LogP contribution in [0.25, 0.3) is 10.9 Å². The first-order chi connectivity index (χ1) is 15.6. The Kier molecular flexibility index (Phi) is 7.03. The molecule has 0 fully saturated rings. The minimum absolute atomic E-state index is 0.218. The predicted octanol–water partition coefficient (Wildman–Crippen LogP) is 2.97. The van der Waals surface area contributed by atoms with Gasteiger partial charge in [-0.25, -0.2) is 4.79 Å². The molecule has 0 aliphatic carbocycles. The summed E-state index contributed by atoms with van der Waals surface area (Å²) in [6.07, 6.45) is -1.45. The van der Waals surface area contributed by atoms with Crippen LogP contribution >= 0.6 is 11.6 Å². The normalized spacial score (nSPS) is 11.6. The average Bonchev–Trinajstić information content (AvgIpc) is 3.03. The van der Waals surface area contributed by atoms with E-state index in [2.05, 4.69) is 0 Å². The lowest BCUT2D eigenvalue weighted by Crippen LogP contribution is -2.42. The first kappa shape index (κ1) is 23.8. The molecule has 0 aliphatic heterocycles. The Bertz CT molecular complexity index is 1250. The van der Waals surface area contributed by atoms with Crippen LogP contribution in [0.2, 0.25) is 5.02 Å². The van der Waals surface area contributed by atoms with Crippen molar-refractivity contribution in [2.75, 3.05) is 7.11 Å². The van der Waals surface area contributed by atoms with Crippen LogP contribution in [0, 0.1) is 6.92 Å². The number of carbonyl (C=O) groups is 4. The van der Waals surface area contributed by atoms with Crippen molar-refractivity contribution < 1.29 is 28.7 Å². The Morgan fingerprint density at radius 2 is 1.79 bits per heavy atom. The van der Waals surface area contributed by atoms with Gasteiger partial charge in [0.15, 0.2) is 6.10 Å². The fraction of sp³-hybridized carbons (Fsp3) is 0.217. The Hall–Kier alpha value is -3.85. The van der Waals surface area contributed by atoms with Gasteiger partial charge in [0.05, 0.1) is 19.0 Å². The number of carbonyl (C=O) groups excluding carboxylic acids is 4. The summed E-state index contributed by atoms with van der Waals surface area (Å²) in [4.78, 5) is 48.5. The van der Waals surface area contributed by atoms with Crippen molar-refractivity contribution in [3.63, 3.8) is 0 Å². The number of nitrogens with zero attached hydrogens (tertiary/aromatic N) is 1. The van der Waals surface area contributed by atoms with Crippen molar-refractivity contribution >= 4 is 46.3 Å². The summed E-state index contributed by atoms with van der Waals surface area (Å²) in [5, 5.41) is 2.99. The van der Waals surface area contributed by atoms with Gasteiger partial charge in [0.25, 0.3) is 11.8 Å². The zero-order chi connectivity index (χ0) is 24.3. The smallest absolute Gasteiger partial charge is 0.318 e. The van der Waals surface area contributed by atoms with Crippen LogP contribution < -0.4 is 15.8 Å². The molecule has 1 heterocycles. The summed E-state index contributed by atoms with van der Waals surface area (Å²) in [5.74, 6) is -1.31. The summed E-state index contributed by atoms with van der Waals surface area (Å²) in [7, 11) is 1.51. The van der Waals surface area contributed by atoms with E-state index in [1.807, 2.05) is 5.32 Å². The average molecular weight is 472 g/mol. The number of halogens is 1. The molecule has 1 aromatic heterocycles. The molecule has 0 spiro atoms. The Labute approximate surface area is 194 Å². The van der Waals surface area contributed by atoms with E-state index in [1.165, 1.54) is 18.6 Å². The van der Waals surface area contributed by atoms with Gasteiger partial charge in [-0.15, -0.1) is 0 Å². The number of benzene rings is 2. The van der Waals surface area contributed by atoms with Crippen molar-refractivity contribution in [3.05, 3.63) is 64.3 Å². The molecule has 2 aromatic carbocycles. The van der Waals surface area contributed by atoms with Gasteiger partial charge in [-0.1, -0.05) is 11.6 Å². The second-order valence-electron chi connectivity index (χ2n) is 7.26. The Morgan fingerprint density at radius 3 is 2.39 bits per heavy atom. The molecule has 0 radical (unpaired) electrons. The number of esters is 1. The van der Waals surface area contributed by atoms with Crippen LogP contribution in [0.1, 0.15) is 28.5 Å². The molecule has 3 rings (SSSR count). The van der Waals surface area contributed by atoms with E-state index < -0.39 is 24.0 Å². The highest BCUT2D eigenvalue weighted by Crippen LogP contribution is 2.31. The predicted molar refractivity (Wildman–Crippen MR) is 121 cm³/mol. The number of fused-ring (bicyclic) bond motifs is 1. The van der Waals surface area contributed by atoms with E-state index in [1.54, 1.807) is 49.4 Å². The van der Waals surface area contributed by atoms with Gasteiger partial charge < -0.3 is 15.2 Å². The zero-order valence-corrected chi connectivity index (χ0v) is 18.9. The highest BCUT2D eigenvalue weighted by Gasteiger charge is 2.24. The minimum atomic E-state index is -1.23. The number of aromatic nitrogens is 1. The lowest BCUT2D eigenvalue weighted by molar-refractivity contribution is -0.153. The number of nitrogens with two attached hydrogens (primary N) is 1. The minimum Gasteiger partial charge on any atom is -0.497 e. The number of ether oxygens (including phenoxy) is 2. The van der Waals surface area contributed by atoms with Gasteiger partial charge in [-0.05, 0) is 61.9 Å². The van der Waals surface area contributed by atoms with Crippen LogP contribution in [0.3, 0.4) is 0 Å². The second kappa shape index (κ2) is 9.74. The van der Waals surface area contributed by atoms with Crippen LogP contribution in [0.5, 0.6) is 5.75 Å². The van der Waals surface area contributed by atoms with Crippen LogP contribution in [0.15, 0.2) is 42.5 Å². The van der Waals surface area contributed by atoms with Crippen molar-refractivity contribution in [2.24, 2.45) is 5.73 Å². The van der Waals surface area contributed by atoms with E-state index >= 15 is 0 Å². The van der Waals surface area contributed by atoms with Crippen molar-refractivity contribution in [1.82, 2.24) is 9.88 Å². The third-order valence-corrected chi connectivity index (χ3v) is 5.33. The second-order valence-corrected chi connectivity index (χ2v) is 7.69. The highest BCUT2D eigenvalue weighted by molar-refractivity contribution is 6.30. The fourth-order valence-corrected chi connectivity index (χ4v) is 3.58. The molecule has 33 heavy (non-hydrogen) atoms. The summed E-state index contributed by atoms with van der Waals surface area (Å²) < 4.78 is 12.0. The lowest BCUT2D eigenvalue weighted by Gasteiger charge is -2.12. The monoisotopic (exact) mass is 471 g/mol.